The zero-order chi connectivity index (χ0) is 14.4. The van der Waals surface area contributed by atoms with E-state index >= 15 is 0 Å². The van der Waals surface area contributed by atoms with Crippen LogP contribution in [0.4, 0.5) is 0 Å². The summed E-state index contributed by atoms with van der Waals surface area (Å²) in [6.45, 7) is 9.34. The SMILES string of the molecule is C=CC1=C(/C(=C\C)OCC2CCCC2)CCC[C@H]1CC. The Bertz CT molecular complexity index is 383. The lowest BCUT2D eigenvalue weighted by molar-refractivity contribution is 0.170. The quantitative estimate of drug-likeness (QED) is 0.557. The lowest BCUT2D eigenvalue weighted by Crippen LogP contribution is -2.14. The van der Waals surface area contributed by atoms with E-state index in [1.807, 2.05) is 0 Å². The number of rotatable bonds is 6. The second-order valence-electron chi connectivity index (χ2n) is 6.25. The molecular weight excluding hydrogens is 244 g/mol. The highest BCUT2D eigenvalue weighted by molar-refractivity contribution is 5.39. The topological polar surface area (TPSA) is 9.23 Å². The molecule has 0 aromatic rings. The van der Waals surface area contributed by atoms with E-state index in [2.05, 4.69) is 32.6 Å². The normalized spacial score (nSPS) is 25.1. The Balaban J connectivity index is 2.08. The van der Waals surface area contributed by atoms with E-state index in [1.54, 1.807) is 0 Å². The predicted molar refractivity (Wildman–Crippen MR) is 86.5 cm³/mol. The molecule has 2 aliphatic rings. The molecule has 0 spiro atoms. The minimum atomic E-state index is 0.682. The van der Waals surface area contributed by atoms with Crippen molar-refractivity contribution in [3.8, 4) is 0 Å². The summed E-state index contributed by atoms with van der Waals surface area (Å²) >= 11 is 0. The minimum Gasteiger partial charge on any atom is -0.493 e. The van der Waals surface area contributed by atoms with E-state index in [0.717, 1.165) is 24.7 Å². The summed E-state index contributed by atoms with van der Waals surface area (Å²) in [6.07, 6.45) is 14.7. The third kappa shape index (κ3) is 3.56. The van der Waals surface area contributed by atoms with E-state index in [-0.39, 0.29) is 0 Å². The average Bonchev–Trinajstić information content (AvgIpc) is 3.00. The van der Waals surface area contributed by atoms with Gasteiger partial charge in [-0.2, -0.15) is 0 Å². The minimum absolute atomic E-state index is 0.682. The van der Waals surface area contributed by atoms with Crippen LogP contribution in [0.3, 0.4) is 0 Å². The van der Waals surface area contributed by atoms with Gasteiger partial charge in [-0.15, -0.1) is 0 Å². The van der Waals surface area contributed by atoms with Gasteiger partial charge in [0.05, 0.1) is 6.61 Å². The maximum absolute atomic E-state index is 6.20. The fourth-order valence-corrected chi connectivity index (χ4v) is 3.78. The van der Waals surface area contributed by atoms with Gasteiger partial charge < -0.3 is 4.74 Å². The molecule has 1 nitrogen and oxygen atoms in total. The molecule has 0 radical (unpaired) electrons. The molecule has 20 heavy (non-hydrogen) atoms. The van der Waals surface area contributed by atoms with Gasteiger partial charge in [-0.25, -0.2) is 0 Å². The zero-order valence-electron chi connectivity index (χ0n) is 13.3. The van der Waals surface area contributed by atoms with Crippen LogP contribution in [0.1, 0.15) is 65.2 Å². The average molecular weight is 274 g/mol. The van der Waals surface area contributed by atoms with Gasteiger partial charge in [0.25, 0.3) is 0 Å². The largest absolute Gasteiger partial charge is 0.493 e. The molecule has 0 aromatic carbocycles. The summed E-state index contributed by atoms with van der Waals surface area (Å²) in [5.41, 5.74) is 2.87. The fraction of sp³-hybridized carbons (Fsp3) is 0.684. The van der Waals surface area contributed by atoms with Crippen LogP contribution in [0.25, 0.3) is 0 Å². The van der Waals surface area contributed by atoms with Crippen molar-refractivity contribution in [2.24, 2.45) is 11.8 Å². The smallest absolute Gasteiger partial charge is 0.118 e. The van der Waals surface area contributed by atoms with Crippen LogP contribution < -0.4 is 0 Å². The van der Waals surface area contributed by atoms with E-state index in [1.165, 1.54) is 56.1 Å². The van der Waals surface area contributed by atoms with Crippen LogP contribution in [0.2, 0.25) is 0 Å². The molecule has 2 aliphatic carbocycles. The van der Waals surface area contributed by atoms with Gasteiger partial charge >= 0.3 is 0 Å². The molecule has 2 rings (SSSR count). The molecule has 1 fully saturated rings. The van der Waals surface area contributed by atoms with Crippen LogP contribution in [0, 0.1) is 11.8 Å². The van der Waals surface area contributed by atoms with Crippen LogP contribution >= 0.6 is 0 Å². The lowest BCUT2D eigenvalue weighted by Gasteiger charge is -2.28. The Morgan fingerprint density at radius 1 is 1.25 bits per heavy atom. The standard InChI is InChI=1S/C19H30O/c1-4-16-12-9-13-18(17(16)5-2)19(6-3)20-14-15-10-7-8-11-15/h5-6,15-16H,2,4,7-14H2,1,3H3/b19-6+/t16-/m1/s1. The molecule has 1 atom stereocenters. The van der Waals surface area contributed by atoms with Gasteiger partial charge in [-0.3, -0.25) is 0 Å². The Labute approximate surface area is 124 Å². The van der Waals surface area contributed by atoms with Crippen molar-refractivity contribution in [1.82, 2.24) is 0 Å². The number of ether oxygens (including phenoxy) is 1. The molecule has 0 heterocycles. The molecule has 0 unspecified atom stereocenters. The Morgan fingerprint density at radius 2 is 2.00 bits per heavy atom. The zero-order valence-corrected chi connectivity index (χ0v) is 13.3. The van der Waals surface area contributed by atoms with Crippen molar-refractivity contribution >= 4 is 0 Å². The van der Waals surface area contributed by atoms with Crippen molar-refractivity contribution in [3.63, 3.8) is 0 Å². The molecule has 1 heteroatoms. The Kier molecular flexibility index (Phi) is 5.94. The molecule has 0 aromatic heterocycles. The third-order valence-electron chi connectivity index (χ3n) is 4.99. The number of hydrogen-bond acceptors (Lipinski definition) is 1. The summed E-state index contributed by atoms with van der Waals surface area (Å²) < 4.78 is 6.20. The Morgan fingerprint density at radius 3 is 2.60 bits per heavy atom. The van der Waals surface area contributed by atoms with E-state index in [0.29, 0.717) is 5.92 Å². The van der Waals surface area contributed by atoms with E-state index in [4.69, 9.17) is 4.74 Å². The number of hydrogen-bond donors (Lipinski definition) is 0. The first-order valence-corrected chi connectivity index (χ1v) is 8.45. The lowest BCUT2D eigenvalue weighted by atomic mass is 9.80. The van der Waals surface area contributed by atoms with E-state index in [9.17, 15) is 0 Å². The van der Waals surface area contributed by atoms with Crippen molar-refractivity contribution in [2.45, 2.75) is 65.2 Å². The van der Waals surface area contributed by atoms with Crippen LogP contribution in [0.15, 0.2) is 35.6 Å². The van der Waals surface area contributed by atoms with Crippen molar-refractivity contribution < 1.29 is 4.74 Å². The van der Waals surface area contributed by atoms with Crippen LogP contribution in [-0.4, -0.2) is 6.61 Å². The summed E-state index contributed by atoms with van der Waals surface area (Å²) in [7, 11) is 0. The monoisotopic (exact) mass is 274 g/mol. The van der Waals surface area contributed by atoms with Crippen molar-refractivity contribution in [3.05, 3.63) is 35.6 Å². The Hall–Kier alpha value is -0.980. The highest BCUT2D eigenvalue weighted by Gasteiger charge is 2.23. The summed E-state index contributed by atoms with van der Waals surface area (Å²) in [4.78, 5) is 0. The summed E-state index contributed by atoms with van der Waals surface area (Å²) in [6, 6.07) is 0. The molecule has 0 aliphatic heterocycles. The van der Waals surface area contributed by atoms with Gasteiger partial charge in [0.2, 0.25) is 0 Å². The van der Waals surface area contributed by atoms with Crippen LogP contribution in [-0.2, 0) is 4.74 Å². The maximum Gasteiger partial charge on any atom is 0.118 e. The first-order valence-electron chi connectivity index (χ1n) is 8.45. The first kappa shape index (κ1) is 15.4. The molecule has 0 amide bonds. The highest BCUT2D eigenvalue weighted by Crippen LogP contribution is 2.37. The fourth-order valence-electron chi connectivity index (χ4n) is 3.78. The van der Waals surface area contributed by atoms with E-state index < -0.39 is 0 Å². The predicted octanol–water partition coefficient (Wildman–Crippen LogP) is 5.79. The second kappa shape index (κ2) is 7.71. The van der Waals surface area contributed by atoms with Crippen LogP contribution in [0.5, 0.6) is 0 Å². The molecule has 0 saturated heterocycles. The molecule has 112 valence electrons. The third-order valence-corrected chi connectivity index (χ3v) is 4.99. The molecule has 1 saturated carbocycles. The second-order valence-corrected chi connectivity index (χ2v) is 6.25. The maximum atomic E-state index is 6.20. The van der Waals surface area contributed by atoms with Gasteiger partial charge in [-0.05, 0) is 74.5 Å². The van der Waals surface area contributed by atoms with Gasteiger partial charge in [-0.1, -0.05) is 32.4 Å². The van der Waals surface area contributed by atoms with Crippen molar-refractivity contribution in [1.29, 1.82) is 0 Å². The molecule has 0 N–H and O–H groups in total. The molecule has 0 bridgehead atoms. The summed E-state index contributed by atoms with van der Waals surface area (Å²) in [5, 5.41) is 0. The summed E-state index contributed by atoms with van der Waals surface area (Å²) in [5.74, 6) is 2.59. The molecular formula is C19H30O. The highest BCUT2D eigenvalue weighted by atomic mass is 16.5. The van der Waals surface area contributed by atoms with Gasteiger partial charge in [0.1, 0.15) is 5.76 Å². The number of allylic oxidation sites excluding steroid dienone is 4. The van der Waals surface area contributed by atoms with Gasteiger partial charge in [0, 0.05) is 0 Å². The van der Waals surface area contributed by atoms with Gasteiger partial charge in [0.15, 0.2) is 0 Å². The first-order chi connectivity index (χ1) is 9.80. The van der Waals surface area contributed by atoms with Crippen molar-refractivity contribution in [2.75, 3.05) is 6.61 Å².